The van der Waals surface area contributed by atoms with E-state index in [-0.39, 0.29) is 23.2 Å². The summed E-state index contributed by atoms with van der Waals surface area (Å²) < 4.78 is 39.3. The maximum atomic E-state index is 13.3. The lowest BCUT2D eigenvalue weighted by Crippen LogP contribution is -2.41. The fourth-order valence-corrected chi connectivity index (χ4v) is 3.96. The average Bonchev–Trinajstić information content (AvgIpc) is 2.96. The molecule has 0 aromatic heterocycles. The minimum absolute atomic E-state index is 0.183. The summed E-state index contributed by atoms with van der Waals surface area (Å²) in [6.07, 6.45) is -5.03. The number of hydrogen-bond acceptors (Lipinski definition) is 3. The third-order valence-electron chi connectivity index (χ3n) is 5.42. The van der Waals surface area contributed by atoms with Crippen molar-refractivity contribution in [2.45, 2.75) is 24.7 Å². The molecule has 4 nitrogen and oxygen atoms in total. The van der Waals surface area contributed by atoms with Crippen LogP contribution in [0.25, 0.3) is 0 Å². The van der Waals surface area contributed by atoms with Gasteiger partial charge in [0.15, 0.2) is 11.4 Å². The highest BCUT2D eigenvalue weighted by Gasteiger charge is 2.50. The van der Waals surface area contributed by atoms with Crippen molar-refractivity contribution >= 4 is 29.0 Å². The number of Topliss-reactive ketones (excluding diaryl/α,β-unsaturated/α-hetero) is 1. The first kappa shape index (κ1) is 22.0. The number of alkyl halides is 3. The maximum Gasteiger partial charge on any atom is 0.416 e. The van der Waals surface area contributed by atoms with Gasteiger partial charge in [0.25, 0.3) is 5.91 Å². The summed E-state index contributed by atoms with van der Waals surface area (Å²) in [6.45, 7) is -0.183. The summed E-state index contributed by atoms with van der Waals surface area (Å²) >= 11 is 5.85. The number of benzene rings is 3. The Morgan fingerprint density at radius 3 is 2.38 bits per heavy atom. The number of carbonyl (C=O) groups is 2. The Balaban J connectivity index is 1.66. The number of amides is 1. The molecule has 1 heterocycles. The number of nitrogens with zero attached hydrogens (tertiary/aromatic N) is 1. The number of hydrogen-bond donors (Lipinski definition) is 1. The van der Waals surface area contributed by atoms with Crippen LogP contribution in [0.5, 0.6) is 0 Å². The molecular weight excluding hydrogens is 443 g/mol. The van der Waals surface area contributed by atoms with E-state index in [2.05, 4.69) is 0 Å². The van der Waals surface area contributed by atoms with Crippen LogP contribution in [-0.4, -0.2) is 16.8 Å². The van der Waals surface area contributed by atoms with Crippen LogP contribution in [0.15, 0.2) is 72.8 Å². The third-order valence-corrected chi connectivity index (χ3v) is 5.67. The Morgan fingerprint density at radius 2 is 1.69 bits per heavy atom. The van der Waals surface area contributed by atoms with Crippen molar-refractivity contribution in [2.24, 2.45) is 0 Å². The number of halogens is 4. The highest BCUT2D eigenvalue weighted by molar-refractivity contribution is 6.30. The van der Waals surface area contributed by atoms with Gasteiger partial charge in [-0.3, -0.25) is 9.59 Å². The van der Waals surface area contributed by atoms with Gasteiger partial charge in [0.05, 0.1) is 24.2 Å². The number of anilines is 1. The van der Waals surface area contributed by atoms with E-state index >= 15 is 0 Å². The van der Waals surface area contributed by atoms with Crippen molar-refractivity contribution < 1.29 is 27.9 Å². The van der Waals surface area contributed by atoms with Gasteiger partial charge in [-0.15, -0.1) is 0 Å². The molecule has 164 valence electrons. The molecule has 1 aliphatic rings. The molecular formula is C24H17ClF3NO3. The molecule has 8 heteroatoms. The van der Waals surface area contributed by atoms with Crippen LogP contribution in [0.4, 0.5) is 18.9 Å². The van der Waals surface area contributed by atoms with Gasteiger partial charge in [-0.1, -0.05) is 41.9 Å². The van der Waals surface area contributed by atoms with Crippen molar-refractivity contribution in [3.05, 3.63) is 100 Å². The topological polar surface area (TPSA) is 57.6 Å². The molecule has 3 aromatic carbocycles. The van der Waals surface area contributed by atoms with Crippen molar-refractivity contribution in [1.29, 1.82) is 0 Å². The second kappa shape index (κ2) is 8.07. The quantitative estimate of drug-likeness (QED) is 0.522. The summed E-state index contributed by atoms with van der Waals surface area (Å²) in [6, 6.07) is 17.1. The molecule has 0 saturated heterocycles. The molecule has 0 aliphatic carbocycles. The monoisotopic (exact) mass is 459 g/mol. The maximum absolute atomic E-state index is 13.3. The third kappa shape index (κ3) is 4.01. The Kier molecular flexibility index (Phi) is 5.56. The minimum Gasteiger partial charge on any atom is -0.375 e. The van der Waals surface area contributed by atoms with E-state index < -0.39 is 35.5 Å². The predicted molar refractivity (Wildman–Crippen MR) is 113 cm³/mol. The fourth-order valence-electron chi connectivity index (χ4n) is 3.83. The lowest BCUT2D eigenvalue weighted by Gasteiger charge is -2.23. The first-order chi connectivity index (χ1) is 15.1. The number of fused-ring (bicyclic) bond motifs is 1. The first-order valence-electron chi connectivity index (χ1n) is 9.68. The number of ketones is 1. The zero-order valence-corrected chi connectivity index (χ0v) is 17.3. The zero-order chi connectivity index (χ0) is 23.1. The summed E-state index contributed by atoms with van der Waals surface area (Å²) in [7, 11) is 0. The van der Waals surface area contributed by atoms with E-state index in [0.29, 0.717) is 10.7 Å². The van der Waals surface area contributed by atoms with Gasteiger partial charge in [-0.05, 0) is 48.0 Å². The molecule has 3 aromatic rings. The molecule has 0 unspecified atom stereocenters. The smallest absolute Gasteiger partial charge is 0.375 e. The van der Waals surface area contributed by atoms with E-state index in [0.717, 1.165) is 12.1 Å². The molecule has 32 heavy (non-hydrogen) atoms. The summed E-state index contributed by atoms with van der Waals surface area (Å²) in [5.74, 6) is -1.23. The van der Waals surface area contributed by atoms with E-state index in [9.17, 15) is 27.9 Å². The van der Waals surface area contributed by atoms with Crippen LogP contribution >= 0.6 is 11.6 Å². The summed E-state index contributed by atoms with van der Waals surface area (Å²) in [5, 5.41) is 11.8. The number of aliphatic hydroxyl groups is 1. The zero-order valence-electron chi connectivity index (χ0n) is 16.6. The number of rotatable bonds is 5. The molecule has 0 saturated carbocycles. The lowest BCUT2D eigenvalue weighted by atomic mass is 9.88. The van der Waals surface area contributed by atoms with Gasteiger partial charge < -0.3 is 10.0 Å². The molecule has 1 atom stereocenters. The van der Waals surface area contributed by atoms with E-state index in [1.807, 2.05) is 0 Å². The molecule has 1 aliphatic heterocycles. The van der Waals surface area contributed by atoms with E-state index in [1.165, 1.54) is 47.4 Å². The Labute approximate surface area is 186 Å². The van der Waals surface area contributed by atoms with Gasteiger partial charge in [0, 0.05) is 16.1 Å². The van der Waals surface area contributed by atoms with Crippen LogP contribution in [0, 0.1) is 0 Å². The van der Waals surface area contributed by atoms with Gasteiger partial charge in [0.2, 0.25) is 0 Å². The minimum atomic E-state index is -4.52. The highest BCUT2D eigenvalue weighted by atomic mass is 35.5. The number of para-hydroxylation sites is 1. The lowest BCUT2D eigenvalue weighted by molar-refractivity contribution is -0.137. The van der Waals surface area contributed by atoms with Crippen LogP contribution < -0.4 is 4.90 Å². The van der Waals surface area contributed by atoms with Crippen LogP contribution in [0.3, 0.4) is 0 Å². The van der Waals surface area contributed by atoms with Crippen LogP contribution in [0.1, 0.15) is 33.5 Å². The molecule has 0 radical (unpaired) electrons. The summed E-state index contributed by atoms with van der Waals surface area (Å²) in [5.41, 5.74) is -1.85. The summed E-state index contributed by atoms with van der Waals surface area (Å²) in [4.78, 5) is 27.3. The molecule has 0 fully saturated rings. The van der Waals surface area contributed by atoms with Crippen molar-refractivity contribution in [3.8, 4) is 0 Å². The highest BCUT2D eigenvalue weighted by Crippen LogP contribution is 2.43. The first-order valence-corrected chi connectivity index (χ1v) is 10.1. The SMILES string of the molecule is O=C(C[C@]1(O)C(=O)N(Cc2cccc(C(F)(F)F)c2)c2ccccc21)c1ccc(Cl)cc1. The van der Waals surface area contributed by atoms with Gasteiger partial charge in [0.1, 0.15) is 0 Å². The molecule has 0 bridgehead atoms. The number of carbonyl (C=O) groups excluding carboxylic acids is 2. The molecule has 4 rings (SSSR count). The van der Waals surface area contributed by atoms with E-state index in [4.69, 9.17) is 11.6 Å². The largest absolute Gasteiger partial charge is 0.416 e. The second-order valence-electron chi connectivity index (χ2n) is 7.57. The molecule has 0 spiro atoms. The van der Waals surface area contributed by atoms with Crippen molar-refractivity contribution in [2.75, 3.05) is 4.90 Å². The van der Waals surface area contributed by atoms with Gasteiger partial charge >= 0.3 is 6.18 Å². The van der Waals surface area contributed by atoms with E-state index in [1.54, 1.807) is 18.2 Å². The van der Waals surface area contributed by atoms with Gasteiger partial charge in [-0.2, -0.15) is 13.2 Å². The fraction of sp³-hybridized carbons (Fsp3) is 0.167. The molecule has 1 amide bonds. The van der Waals surface area contributed by atoms with Crippen LogP contribution in [-0.2, 0) is 23.1 Å². The Morgan fingerprint density at radius 1 is 1.00 bits per heavy atom. The van der Waals surface area contributed by atoms with Crippen LogP contribution in [0.2, 0.25) is 5.02 Å². The van der Waals surface area contributed by atoms with Crippen molar-refractivity contribution in [3.63, 3.8) is 0 Å². The van der Waals surface area contributed by atoms with Crippen molar-refractivity contribution in [1.82, 2.24) is 0 Å². The second-order valence-corrected chi connectivity index (χ2v) is 8.01. The molecule has 1 N–H and O–H groups in total. The predicted octanol–water partition coefficient (Wildman–Crippen LogP) is 5.37. The normalized spacial score (nSPS) is 18.0. The van der Waals surface area contributed by atoms with Gasteiger partial charge in [-0.25, -0.2) is 0 Å². The Hall–Kier alpha value is -3.16. The Bertz CT molecular complexity index is 1190. The standard InChI is InChI=1S/C24H17ClF3NO3/c25-18-10-8-16(9-11-18)21(30)13-23(32)19-6-1-2-7-20(19)29(22(23)31)14-15-4-3-5-17(12-15)24(26,27)28/h1-12,32H,13-14H2/t23-/m1/s1. The average molecular weight is 460 g/mol.